The SMILES string of the molecule is COc1cc(-c2nc(CSc3nc4ccccc4c(=O)n3-c3ccccc3)c(C)o2)cc(OC)c1OC. The van der Waals surface area contributed by atoms with E-state index < -0.39 is 0 Å². The second kappa shape index (κ2) is 10.4. The van der Waals surface area contributed by atoms with E-state index in [0.717, 1.165) is 11.4 Å². The molecule has 0 radical (unpaired) electrons. The van der Waals surface area contributed by atoms with Crippen LogP contribution in [0, 0.1) is 6.92 Å². The van der Waals surface area contributed by atoms with Crippen molar-refractivity contribution in [3.63, 3.8) is 0 Å². The fourth-order valence-electron chi connectivity index (χ4n) is 4.04. The molecule has 0 aliphatic rings. The number of fused-ring (bicyclic) bond motifs is 1. The van der Waals surface area contributed by atoms with Gasteiger partial charge in [0.05, 0.1) is 43.6 Å². The van der Waals surface area contributed by atoms with Crippen LogP contribution in [0.4, 0.5) is 0 Å². The topological polar surface area (TPSA) is 88.6 Å². The van der Waals surface area contributed by atoms with Crippen LogP contribution in [-0.2, 0) is 5.75 Å². The molecule has 37 heavy (non-hydrogen) atoms. The fourth-order valence-corrected chi connectivity index (χ4v) is 5.05. The Morgan fingerprint density at radius 1 is 0.892 bits per heavy atom. The summed E-state index contributed by atoms with van der Waals surface area (Å²) in [6.07, 6.45) is 0. The van der Waals surface area contributed by atoms with Gasteiger partial charge in [-0.1, -0.05) is 42.1 Å². The van der Waals surface area contributed by atoms with Gasteiger partial charge >= 0.3 is 0 Å². The quantitative estimate of drug-likeness (QED) is 0.193. The number of aryl methyl sites for hydroxylation is 1. The van der Waals surface area contributed by atoms with Gasteiger partial charge in [0.15, 0.2) is 16.7 Å². The lowest BCUT2D eigenvalue weighted by Crippen LogP contribution is -2.21. The van der Waals surface area contributed by atoms with Crippen molar-refractivity contribution in [1.29, 1.82) is 0 Å². The Morgan fingerprint density at radius 2 is 1.57 bits per heavy atom. The summed E-state index contributed by atoms with van der Waals surface area (Å²) in [4.78, 5) is 23.0. The molecule has 2 heterocycles. The van der Waals surface area contributed by atoms with Crippen LogP contribution in [0.25, 0.3) is 28.0 Å². The number of rotatable bonds is 8. The highest BCUT2D eigenvalue weighted by Crippen LogP contribution is 2.41. The molecule has 0 N–H and O–H groups in total. The van der Waals surface area contributed by atoms with Crippen molar-refractivity contribution in [2.24, 2.45) is 0 Å². The largest absolute Gasteiger partial charge is 0.493 e. The lowest BCUT2D eigenvalue weighted by Gasteiger charge is -2.13. The molecule has 0 bridgehead atoms. The minimum atomic E-state index is -0.116. The minimum absolute atomic E-state index is 0.116. The number of para-hydroxylation sites is 2. The summed E-state index contributed by atoms with van der Waals surface area (Å²) in [5, 5.41) is 1.14. The van der Waals surface area contributed by atoms with Gasteiger partial charge < -0.3 is 18.6 Å². The van der Waals surface area contributed by atoms with Gasteiger partial charge in [0.1, 0.15) is 5.76 Å². The molecular formula is C28H25N3O5S. The number of benzene rings is 3. The van der Waals surface area contributed by atoms with E-state index in [4.69, 9.17) is 28.6 Å². The summed E-state index contributed by atoms with van der Waals surface area (Å²) < 4.78 is 24.0. The molecule has 5 aromatic rings. The molecule has 0 unspecified atom stereocenters. The number of thioether (sulfide) groups is 1. The number of methoxy groups -OCH3 is 3. The maximum atomic E-state index is 13.4. The second-order valence-electron chi connectivity index (χ2n) is 8.11. The first-order chi connectivity index (χ1) is 18.0. The van der Waals surface area contributed by atoms with Gasteiger partial charge in [-0.15, -0.1) is 0 Å². The Balaban J connectivity index is 1.51. The van der Waals surface area contributed by atoms with Gasteiger partial charge in [-0.2, -0.15) is 0 Å². The molecule has 5 rings (SSSR count). The first-order valence-corrected chi connectivity index (χ1v) is 12.5. The molecule has 0 fully saturated rings. The molecular weight excluding hydrogens is 490 g/mol. The van der Waals surface area contributed by atoms with E-state index in [-0.39, 0.29) is 5.56 Å². The van der Waals surface area contributed by atoms with Crippen molar-refractivity contribution < 1.29 is 18.6 Å². The summed E-state index contributed by atoms with van der Waals surface area (Å²) in [5.74, 6) is 3.07. The van der Waals surface area contributed by atoms with Crippen LogP contribution >= 0.6 is 11.8 Å². The average Bonchev–Trinajstić information content (AvgIpc) is 3.31. The van der Waals surface area contributed by atoms with Crippen molar-refractivity contribution >= 4 is 22.7 Å². The van der Waals surface area contributed by atoms with Crippen LogP contribution in [0.1, 0.15) is 11.5 Å². The molecule has 0 atom stereocenters. The van der Waals surface area contributed by atoms with E-state index in [9.17, 15) is 4.79 Å². The standard InChI is InChI=1S/C28H25N3O5S/c1-17-22(29-26(36-17)18-14-23(33-2)25(35-4)24(15-18)34-3)16-37-28-30-21-13-9-8-12-20(21)27(32)31(28)19-10-6-5-7-11-19/h5-15H,16H2,1-4H3. The van der Waals surface area contributed by atoms with E-state index in [1.807, 2.05) is 55.5 Å². The van der Waals surface area contributed by atoms with Crippen LogP contribution in [0.5, 0.6) is 17.2 Å². The van der Waals surface area contributed by atoms with Gasteiger partial charge in [-0.3, -0.25) is 9.36 Å². The highest BCUT2D eigenvalue weighted by atomic mass is 32.2. The average molecular weight is 516 g/mol. The first-order valence-electron chi connectivity index (χ1n) is 11.5. The van der Waals surface area contributed by atoms with Crippen LogP contribution in [0.2, 0.25) is 0 Å². The zero-order chi connectivity index (χ0) is 25.9. The number of aromatic nitrogens is 3. The number of nitrogens with zero attached hydrogens (tertiary/aromatic N) is 3. The van der Waals surface area contributed by atoms with Crippen LogP contribution in [-0.4, -0.2) is 35.9 Å². The zero-order valence-corrected chi connectivity index (χ0v) is 21.7. The van der Waals surface area contributed by atoms with Crippen molar-refractivity contribution in [3.05, 3.63) is 88.5 Å². The highest BCUT2D eigenvalue weighted by molar-refractivity contribution is 7.98. The van der Waals surface area contributed by atoms with Crippen molar-refractivity contribution in [2.45, 2.75) is 17.8 Å². The molecule has 0 aliphatic carbocycles. The van der Waals surface area contributed by atoms with Crippen molar-refractivity contribution in [3.8, 4) is 34.4 Å². The Labute approximate surface area is 217 Å². The lowest BCUT2D eigenvalue weighted by molar-refractivity contribution is 0.324. The Hall–Kier alpha value is -4.24. The first kappa shape index (κ1) is 24.5. The summed E-state index contributed by atoms with van der Waals surface area (Å²) in [6, 6.07) is 20.5. The smallest absolute Gasteiger partial charge is 0.266 e. The van der Waals surface area contributed by atoms with Gasteiger partial charge in [-0.25, -0.2) is 9.97 Å². The molecule has 0 saturated carbocycles. The van der Waals surface area contributed by atoms with E-state index in [0.29, 0.717) is 56.3 Å². The number of hydrogen-bond acceptors (Lipinski definition) is 8. The van der Waals surface area contributed by atoms with Crippen molar-refractivity contribution in [1.82, 2.24) is 14.5 Å². The maximum Gasteiger partial charge on any atom is 0.266 e. The van der Waals surface area contributed by atoms with E-state index in [2.05, 4.69) is 0 Å². The third-order valence-corrected chi connectivity index (χ3v) is 6.85. The van der Waals surface area contributed by atoms with Crippen molar-refractivity contribution in [2.75, 3.05) is 21.3 Å². The zero-order valence-electron chi connectivity index (χ0n) is 20.8. The third-order valence-electron chi connectivity index (χ3n) is 5.90. The molecule has 0 saturated heterocycles. The summed E-state index contributed by atoms with van der Waals surface area (Å²) >= 11 is 1.43. The van der Waals surface area contributed by atoms with Crippen LogP contribution < -0.4 is 19.8 Å². The molecule has 9 heteroatoms. The molecule has 0 aliphatic heterocycles. The van der Waals surface area contributed by atoms with Crippen LogP contribution in [0.15, 0.2) is 81.1 Å². The summed E-state index contributed by atoms with van der Waals surface area (Å²) in [5.41, 5.74) is 2.73. The van der Waals surface area contributed by atoms with E-state index in [1.54, 1.807) is 44.1 Å². The Kier molecular flexibility index (Phi) is 6.87. The number of oxazole rings is 1. The maximum absolute atomic E-state index is 13.4. The summed E-state index contributed by atoms with van der Waals surface area (Å²) in [7, 11) is 4.68. The second-order valence-corrected chi connectivity index (χ2v) is 9.05. The van der Waals surface area contributed by atoms with E-state index >= 15 is 0 Å². The minimum Gasteiger partial charge on any atom is -0.493 e. The van der Waals surface area contributed by atoms with Gasteiger partial charge in [0.25, 0.3) is 5.56 Å². The van der Waals surface area contributed by atoms with Gasteiger partial charge in [0.2, 0.25) is 11.6 Å². The number of hydrogen-bond donors (Lipinski definition) is 0. The Bertz CT molecular complexity index is 1600. The van der Waals surface area contributed by atoms with Gasteiger partial charge in [-0.05, 0) is 43.3 Å². The predicted octanol–water partition coefficient (Wildman–Crippen LogP) is 5.67. The predicted molar refractivity (Wildman–Crippen MR) is 143 cm³/mol. The molecule has 188 valence electrons. The molecule has 8 nitrogen and oxygen atoms in total. The highest BCUT2D eigenvalue weighted by Gasteiger charge is 2.20. The molecule has 3 aromatic carbocycles. The number of ether oxygens (including phenoxy) is 3. The summed E-state index contributed by atoms with van der Waals surface area (Å²) in [6.45, 7) is 1.86. The molecule has 2 aromatic heterocycles. The van der Waals surface area contributed by atoms with Crippen LogP contribution in [0.3, 0.4) is 0 Å². The molecule has 0 spiro atoms. The Morgan fingerprint density at radius 3 is 2.24 bits per heavy atom. The van der Waals surface area contributed by atoms with Gasteiger partial charge in [0, 0.05) is 11.3 Å². The fraction of sp³-hybridized carbons (Fsp3) is 0.179. The monoisotopic (exact) mass is 515 g/mol. The molecule has 0 amide bonds. The third kappa shape index (κ3) is 4.65. The lowest BCUT2D eigenvalue weighted by atomic mass is 10.2. The van der Waals surface area contributed by atoms with E-state index in [1.165, 1.54) is 11.8 Å². The normalized spacial score (nSPS) is 11.0.